The number of aliphatic carboxylic acids is 2. The van der Waals surface area contributed by atoms with Gasteiger partial charge in [0, 0.05) is 37.7 Å². The molecule has 0 aromatic carbocycles. The number of nitrogens with one attached hydrogen (secondary N) is 1. The van der Waals surface area contributed by atoms with Crippen LogP contribution in [0.2, 0.25) is 0 Å². The number of carbonyl (C=O) groups is 5. The Hall–Kier alpha value is -2.33. The lowest BCUT2D eigenvalue weighted by atomic mass is 9.91. The van der Waals surface area contributed by atoms with Crippen molar-refractivity contribution in [1.29, 1.82) is 0 Å². The molecule has 0 aliphatic rings. The number of ether oxygens (including phenoxy) is 2. The second-order valence-electron chi connectivity index (χ2n) is 13.5. The van der Waals surface area contributed by atoms with Gasteiger partial charge in [-0.05, 0) is 25.7 Å². The van der Waals surface area contributed by atoms with E-state index in [1.165, 1.54) is 57.8 Å². The predicted octanol–water partition coefficient (Wildman–Crippen LogP) is 7.44. The highest BCUT2D eigenvalue weighted by atomic mass is 16.5. The molecule has 3 N–H and O–H groups in total. The molecule has 0 aliphatic heterocycles. The number of carbonyl (C=O) groups excluding carboxylic acids is 3. The van der Waals surface area contributed by atoms with Crippen LogP contribution < -0.4 is 5.32 Å². The zero-order valence-electron chi connectivity index (χ0n) is 29.2. The molecule has 0 saturated heterocycles. The maximum absolute atomic E-state index is 12.3. The molecule has 0 heterocycles. The number of ketones is 2. The highest BCUT2D eigenvalue weighted by molar-refractivity contribution is 5.85. The van der Waals surface area contributed by atoms with E-state index in [2.05, 4.69) is 5.32 Å². The summed E-state index contributed by atoms with van der Waals surface area (Å²) in [5.41, 5.74) is -0.430. The number of hydrogen-bond acceptors (Lipinski definition) is 7. The van der Waals surface area contributed by atoms with Gasteiger partial charge in [0.25, 0.3) is 0 Å². The lowest BCUT2D eigenvalue weighted by molar-refractivity contribution is -0.142. The third-order valence-corrected chi connectivity index (χ3v) is 8.08. The van der Waals surface area contributed by atoms with Crippen molar-refractivity contribution < 1.29 is 43.7 Å². The highest BCUT2D eigenvalue weighted by Gasteiger charge is 2.21. The molecule has 0 spiro atoms. The number of carboxylic acid groups (broad SMARTS) is 2. The van der Waals surface area contributed by atoms with E-state index >= 15 is 0 Å². The van der Waals surface area contributed by atoms with Gasteiger partial charge in [0.2, 0.25) is 5.91 Å². The molecule has 10 heteroatoms. The van der Waals surface area contributed by atoms with Crippen LogP contribution in [0.5, 0.6) is 0 Å². The topological polar surface area (TPSA) is 156 Å². The van der Waals surface area contributed by atoms with Crippen LogP contribution in [-0.4, -0.2) is 72.1 Å². The average Bonchev–Trinajstić information content (AvgIpc) is 2.98. The van der Waals surface area contributed by atoms with E-state index in [0.29, 0.717) is 39.1 Å². The van der Waals surface area contributed by atoms with E-state index in [9.17, 15) is 29.1 Å². The third kappa shape index (κ3) is 29.1. The number of Topliss-reactive ketones (excluding diaryl/α,β-unsaturated/α-hetero) is 2. The second-order valence-corrected chi connectivity index (χ2v) is 13.5. The van der Waals surface area contributed by atoms with Gasteiger partial charge >= 0.3 is 11.9 Å². The van der Waals surface area contributed by atoms with Crippen LogP contribution in [-0.2, 0) is 33.4 Å². The molecule has 0 aliphatic carbocycles. The van der Waals surface area contributed by atoms with Crippen molar-refractivity contribution in [3.8, 4) is 0 Å². The van der Waals surface area contributed by atoms with E-state index in [1.54, 1.807) is 0 Å². The molecule has 0 radical (unpaired) electrons. The molecule has 0 bridgehead atoms. The van der Waals surface area contributed by atoms with Gasteiger partial charge in [-0.2, -0.15) is 0 Å². The Bertz CT molecular complexity index is 838. The molecule has 0 saturated carbocycles. The van der Waals surface area contributed by atoms with E-state index in [1.807, 2.05) is 20.8 Å². The van der Waals surface area contributed by atoms with Crippen molar-refractivity contribution in [3.05, 3.63) is 0 Å². The lowest BCUT2D eigenvalue weighted by Crippen LogP contribution is -2.41. The lowest BCUT2D eigenvalue weighted by Gasteiger charge is -2.16. The molecule has 10 nitrogen and oxygen atoms in total. The van der Waals surface area contributed by atoms with Crippen molar-refractivity contribution in [2.75, 3.05) is 26.4 Å². The predicted molar refractivity (Wildman–Crippen MR) is 180 cm³/mol. The summed E-state index contributed by atoms with van der Waals surface area (Å²) in [6, 6.07) is -1.06. The van der Waals surface area contributed by atoms with Crippen LogP contribution in [0.3, 0.4) is 0 Å². The maximum Gasteiger partial charge on any atom is 0.326 e. The molecule has 0 fully saturated rings. The van der Waals surface area contributed by atoms with E-state index in [4.69, 9.17) is 14.6 Å². The first-order valence-corrected chi connectivity index (χ1v) is 17.9. The monoisotopic (exact) mass is 655 g/mol. The van der Waals surface area contributed by atoms with Gasteiger partial charge in [-0.1, -0.05) is 111 Å². The molecular weight excluding hydrogens is 590 g/mol. The minimum absolute atomic E-state index is 0.0288. The minimum Gasteiger partial charge on any atom is -0.481 e. The first-order valence-electron chi connectivity index (χ1n) is 17.9. The molecule has 0 unspecified atom stereocenters. The van der Waals surface area contributed by atoms with Crippen molar-refractivity contribution >= 4 is 29.4 Å². The van der Waals surface area contributed by atoms with Crippen molar-refractivity contribution in [2.45, 2.75) is 168 Å². The average molecular weight is 656 g/mol. The number of amides is 1. The summed E-state index contributed by atoms with van der Waals surface area (Å²) >= 11 is 0. The minimum atomic E-state index is -1.13. The quantitative estimate of drug-likeness (QED) is 0.0611. The van der Waals surface area contributed by atoms with Gasteiger partial charge < -0.3 is 25.0 Å². The Kier molecular flexibility index (Phi) is 27.4. The number of rotatable bonds is 33. The molecule has 0 rings (SSSR count). The van der Waals surface area contributed by atoms with Crippen LogP contribution >= 0.6 is 0 Å². The Labute approximate surface area is 278 Å². The van der Waals surface area contributed by atoms with Gasteiger partial charge in [-0.15, -0.1) is 0 Å². The Balaban J connectivity index is 3.67. The third-order valence-electron chi connectivity index (χ3n) is 8.08. The fraction of sp³-hybridized carbons (Fsp3) is 0.861. The Morgan fingerprint density at radius 3 is 1.48 bits per heavy atom. The van der Waals surface area contributed by atoms with Crippen LogP contribution in [0.25, 0.3) is 0 Å². The van der Waals surface area contributed by atoms with Gasteiger partial charge in [0.15, 0.2) is 5.78 Å². The standard InChI is InChI=1S/C36H65NO9/c1-36(2,3)32(39)29-46-28-27-45-26-20-21-30(38)24-25-31(35(43)44)37-33(40)22-18-16-14-12-10-8-6-4-5-7-9-11-13-15-17-19-23-34(41)42/h31H,4-29H2,1-3H3,(H,37,40)(H,41,42)(H,43,44)/t31-/m0/s1. The second kappa shape index (κ2) is 28.9. The molecule has 1 atom stereocenters. The first kappa shape index (κ1) is 43.7. The molecule has 0 aromatic rings. The summed E-state index contributed by atoms with van der Waals surface area (Å²) < 4.78 is 10.7. The zero-order valence-corrected chi connectivity index (χ0v) is 29.2. The molecule has 1 amide bonds. The van der Waals surface area contributed by atoms with Gasteiger partial charge in [-0.3, -0.25) is 19.2 Å². The summed E-state index contributed by atoms with van der Waals surface area (Å²) in [4.78, 5) is 58.3. The molecule has 46 heavy (non-hydrogen) atoms. The molecule has 0 aromatic heterocycles. The van der Waals surface area contributed by atoms with Crippen molar-refractivity contribution in [2.24, 2.45) is 5.41 Å². The molecule has 268 valence electrons. The smallest absolute Gasteiger partial charge is 0.326 e. The largest absolute Gasteiger partial charge is 0.481 e. The van der Waals surface area contributed by atoms with E-state index < -0.39 is 23.4 Å². The SMILES string of the molecule is CC(C)(C)C(=O)COCCOCCCC(=O)CC[C@H](NC(=O)CCCCCCCCCCCCCCCCCCC(=O)O)C(=O)O. The zero-order chi connectivity index (χ0) is 34.5. The van der Waals surface area contributed by atoms with Gasteiger partial charge in [-0.25, -0.2) is 4.79 Å². The molecular formula is C36H65NO9. The van der Waals surface area contributed by atoms with Crippen molar-refractivity contribution in [1.82, 2.24) is 5.32 Å². The maximum atomic E-state index is 12.3. The summed E-state index contributed by atoms with van der Waals surface area (Å²) in [5.74, 6) is -2.13. The number of hydrogen-bond donors (Lipinski definition) is 3. The number of unbranched alkanes of at least 4 members (excludes halogenated alkanes) is 15. The number of carboxylic acids is 2. The van der Waals surface area contributed by atoms with Crippen LogP contribution in [0, 0.1) is 5.41 Å². The summed E-state index contributed by atoms with van der Waals surface area (Å²) in [6.07, 6.45) is 19.7. The first-order chi connectivity index (χ1) is 21.9. The highest BCUT2D eigenvalue weighted by Crippen LogP contribution is 2.15. The van der Waals surface area contributed by atoms with Gasteiger partial charge in [0.1, 0.15) is 18.4 Å². The van der Waals surface area contributed by atoms with Crippen LogP contribution in [0.15, 0.2) is 0 Å². The summed E-state index contributed by atoms with van der Waals surface area (Å²) in [6.45, 7) is 6.60. The Morgan fingerprint density at radius 1 is 0.565 bits per heavy atom. The van der Waals surface area contributed by atoms with E-state index in [0.717, 1.165) is 44.9 Å². The van der Waals surface area contributed by atoms with Crippen LogP contribution in [0.4, 0.5) is 0 Å². The van der Waals surface area contributed by atoms with Crippen molar-refractivity contribution in [3.63, 3.8) is 0 Å². The normalized spacial score (nSPS) is 12.2. The summed E-state index contributed by atoms with van der Waals surface area (Å²) in [7, 11) is 0. The van der Waals surface area contributed by atoms with E-state index in [-0.39, 0.29) is 43.3 Å². The fourth-order valence-electron chi connectivity index (χ4n) is 4.96. The Morgan fingerprint density at radius 2 is 1.02 bits per heavy atom. The van der Waals surface area contributed by atoms with Crippen LogP contribution in [0.1, 0.15) is 162 Å². The fourth-order valence-corrected chi connectivity index (χ4v) is 4.96. The van der Waals surface area contributed by atoms with Gasteiger partial charge in [0.05, 0.1) is 13.2 Å². The summed E-state index contributed by atoms with van der Waals surface area (Å²) in [5, 5.41) is 20.7.